The van der Waals surface area contributed by atoms with E-state index in [-0.39, 0.29) is 18.0 Å². The summed E-state index contributed by atoms with van der Waals surface area (Å²) in [5.41, 5.74) is 5.91. The highest BCUT2D eigenvalue weighted by atomic mass is 19.1. The van der Waals surface area contributed by atoms with Crippen LogP contribution in [0, 0.1) is 5.82 Å². The summed E-state index contributed by atoms with van der Waals surface area (Å²) in [6.45, 7) is 4.07. The van der Waals surface area contributed by atoms with Crippen LogP contribution in [0.3, 0.4) is 0 Å². The number of halogens is 1. The van der Waals surface area contributed by atoms with Crippen molar-refractivity contribution >= 4 is 23.2 Å². The maximum absolute atomic E-state index is 14.4. The third-order valence-electron chi connectivity index (χ3n) is 7.12. The van der Waals surface area contributed by atoms with Gasteiger partial charge in [0, 0.05) is 36.8 Å². The highest BCUT2D eigenvalue weighted by molar-refractivity contribution is 5.86. The van der Waals surface area contributed by atoms with Crippen molar-refractivity contribution in [2.75, 3.05) is 32.1 Å². The molecule has 3 heterocycles. The van der Waals surface area contributed by atoms with Crippen molar-refractivity contribution < 1.29 is 19.0 Å². The number of nitrogens with zero attached hydrogens (tertiary/aromatic N) is 3. The van der Waals surface area contributed by atoms with Crippen molar-refractivity contribution in [3.05, 3.63) is 53.1 Å². The summed E-state index contributed by atoms with van der Waals surface area (Å²) in [7, 11) is 3.68. The number of aryl methyl sites for hydroxylation is 1. The van der Waals surface area contributed by atoms with Gasteiger partial charge in [0.05, 0.1) is 18.1 Å². The lowest BCUT2D eigenvalue weighted by Gasteiger charge is -2.34. The zero-order valence-corrected chi connectivity index (χ0v) is 20.1. The molecule has 0 saturated carbocycles. The lowest BCUT2D eigenvalue weighted by molar-refractivity contribution is -0.122. The molecule has 3 aromatic rings. The van der Waals surface area contributed by atoms with Crippen LogP contribution >= 0.6 is 0 Å². The fourth-order valence-electron chi connectivity index (χ4n) is 5.22. The number of methoxy groups -OCH3 is 1. The van der Waals surface area contributed by atoms with Crippen LogP contribution in [0.5, 0.6) is 5.75 Å². The standard InChI is InChI=1S/C25H31FN4O.CH2O2/c1-16-4-6-19-21(29(16)2)7-8-22-25(19)28-24(30(22)18-10-12-27-13-11-18)15-17-5-9-23(31-3)20(26)14-17;2-1-3/h5,7-9,14,16,18,27H,4,6,10-13,15H2,1-3H3;1H,(H,2,3). The molecule has 182 valence electrons. The van der Waals surface area contributed by atoms with E-state index in [0.717, 1.165) is 55.7 Å². The first-order chi connectivity index (χ1) is 16.5. The molecule has 5 rings (SSSR count). The minimum Gasteiger partial charge on any atom is -0.494 e. The van der Waals surface area contributed by atoms with E-state index >= 15 is 0 Å². The molecule has 0 amide bonds. The van der Waals surface area contributed by atoms with Gasteiger partial charge < -0.3 is 24.6 Å². The van der Waals surface area contributed by atoms with Gasteiger partial charge in [-0.25, -0.2) is 9.37 Å². The lowest BCUT2D eigenvalue weighted by atomic mass is 9.96. The van der Waals surface area contributed by atoms with Gasteiger partial charge in [-0.1, -0.05) is 6.07 Å². The first-order valence-corrected chi connectivity index (χ1v) is 11.8. The molecule has 1 aromatic heterocycles. The highest BCUT2D eigenvalue weighted by Gasteiger charge is 2.27. The van der Waals surface area contributed by atoms with Gasteiger partial charge in [0.15, 0.2) is 11.6 Å². The van der Waals surface area contributed by atoms with Gasteiger partial charge in [-0.3, -0.25) is 4.79 Å². The van der Waals surface area contributed by atoms with Crippen molar-refractivity contribution in [1.29, 1.82) is 0 Å². The van der Waals surface area contributed by atoms with Gasteiger partial charge in [-0.15, -0.1) is 0 Å². The van der Waals surface area contributed by atoms with Crippen molar-refractivity contribution in [1.82, 2.24) is 14.9 Å². The van der Waals surface area contributed by atoms with Crippen LogP contribution in [-0.2, 0) is 17.6 Å². The average Bonchev–Trinajstić information content (AvgIpc) is 3.20. The molecule has 1 fully saturated rings. The van der Waals surface area contributed by atoms with E-state index in [1.54, 1.807) is 12.1 Å². The fourth-order valence-corrected chi connectivity index (χ4v) is 5.22. The molecule has 2 aromatic carbocycles. The van der Waals surface area contributed by atoms with Crippen molar-refractivity contribution in [3.63, 3.8) is 0 Å². The van der Waals surface area contributed by atoms with Crippen LogP contribution in [0.2, 0.25) is 0 Å². The Hall–Kier alpha value is -3.13. The molecule has 7 nitrogen and oxygen atoms in total. The summed E-state index contributed by atoms with van der Waals surface area (Å²) >= 11 is 0. The van der Waals surface area contributed by atoms with E-state index < -0.39 is 0 Å². The molecule has 8 heteroatoms. The van der Waals surface area contributed by atoms with Gasteiger partial charge in [0.1, 0.15) is 5.82 Å². The molecule has 2 aliphatic rings. The van der Waals surface area contributed by atoms with E-state index in [1.165, 1.54) is 23.9 Å². The predicted molar refractivity (Wildman–Crippen MR) is 132 cm³/mol. The summed E-state index contributed by atoms with van der Waals surface area (Å²) in [5, 5.41) is 10.4. The van der Waals surface area contributed by atoms with Crippen LogP contribution in [0.1, 0.15) is 49.2 Å². The summed E-state index contributed by atoms with van der Waals surface area (Å²) < 4.78 is 21.9. The maximum atomic E-state index is 14.4. The van der Waals surface area contributed by atoms with Crippen molar-refractivity contribution in [2.24, 2.45) is 0 Å². The Morgan fingerprint density at radius 1 is 1.24 bits per heavy atom. The number of nitrogens with one attached hydrogen (secondary N) is 1. The number of aromatic nitrogens is 2. The number of benzene rings is 2. The summed E-state index contributed by atoms with van der Waals surface area (Å²) in [5.74, 6) is 0.987. The van der Waals surface area contributed by atoms with Crippen LogP contribution in [-0.4, -0.2) is 54.4 Å². The molecule has 0 spiro atoms. The Kier molecular flexibility index (Phi) is 7.36. The molecule has 0 radical (unpaired) electrons. The molecule has 1 saturated heterocycles. The lowest BCUT2D eigenvalue weighted by Crippen LogP contribution is -2.33. The number of carboxylic acid groups (broad SMARTS) is 1. The van der Waals surface area contributed by atoms with Crippen molar-refractivity contribution in [2.45, 2.75) is 51.1 Å². The first-order valence-electron chi connectivity index (χ1n) is 11.8. The number of rotatable bonds is 4. The van der Waals surface area contributed by atoms with E-state index in [4.69, 9.17) is 19.6 Å². The smallest absolute Gasteiger partial charge is 0.290 e. The largest absolute Gasteiger partial charge is 0.494 e. The van der Waals surface area contributed by atoms with Gasteiger partial charge >= 0.3 is 0 Å². The number of carbonyl (C=O) groups is 1. The summed E-state index contributed by atoms with van der Waals surface area (Å²) in [6, 6.07) is 10.7. The number of hydrogen-bond donors (Lipinski definition) is 2. The number of fused-ring (bicyclic) bond motifs is 3. The third-order valence-corrected chi connectivity index (χ3v) is 7.12. The zero-order chi connectivity index (χ0) is 24.2. The number of hydrogen-bond acceptors (Lipinski definition) is 5. The minimum absolute atomic E-state index is 0.250. The molecule has 2 aliphatic heterocycles. The SMILES string of the molecule is COc1ccc(Cc2nc3c4c(ccc3n2C2CCNCC2)N(C)C(C)CC4)cc1F.O=CO. The summed E-state index contributed by atoms with van der Waals surface area (Å²) in [4.78, 5) is 15.9. The molecular formula is C26H33FN4O3. The Bertz CT molecular complexity index is 1160. The van der Waals surface area contributed by atoms with E-state index in [2.05, 4.69) is 40.9 Å². The molecule has 34 heavy (non-hydrogen) atoms. The van der Waals surface area contributed by atoms with Crippen LogP contribution in [0.25, 0.3) is 11.0 Å². The van der Waals surface area contributed by atoms with Gasteiger partial charge in [0.2, 0.25) is 0 Å². The topological polar surface area (TPSA) is 79.6 Å². The minimum atomic E-state index is -0.322. The van der Waals surface area contributed by atoms with Crippen LogP contribution in [0.15, 0.2) is 30.3 Å². The number of imidazole rings is 1. The molecule has 0 aliphatic carbocycles. The fraction of sp³-hybridized carbons (Fsp3) is 0.462. The van der Waals surface area contributed by atoms with Gasteiger partial charge in [-0.05, 0) is 75.5 Å². The Balaban J connectivity index is 0.000000868. The molecule has 2 N–H and O–H groups in total. The van der Waals surface area contributed by atoms with Gasteiger partial charge in [-0.2, -0.15) is 0 Å². The Labute approximate surface area is 199 Å². The number of ether oxygens (including phenoxy) is 1. The van der Waals surface area contributed by atoms with Crippen LogP contribution < -0.4 is 15.0 Å². The monoisotopic (exact) mass is 468 g/mol. The first kappa shape index (κ1) is 24.0. The third kappa shape index (κ3) is 4.59. The molecular weight excluding hydrogens is 435 g/mol. The van der Waals surface area contributed by atoms with Crippen molar-refractivity contribution in [3.8, 4) is 5.75 Å². The molecule has 1 atom stereocenters. The second kappa shape index (κ2) is 10.4. The van der Waals surface area contributed by atoms with E-state index in [9.17, 15) is 4.39 Å². The number of anilines is 1. The second-order valence-electron chi connectivity index (χ2n) is 9.06. The average molecular weight is 469 g/mol. The zero-order valence-electron chi connectivity index (χ0n) is 20.1. The van der Waals surface area contributed by atoms with E-state index in [1.807, 2.05) is 6.07 Å². The normalized spacial score (nSPS) is 18.2. The maximum Gasteiger partial charge on any atom is 0.290 e. The molecule has 0 bridgehead atoms. The summed E-state index contributed by atoms with van der Waals surface area (Å²) in [6.07, 6.45) is 4.98. The highest BCUT2D eigenvalue weighted by Crippen LogP contribution is 2.37. The number of piperidine rings is 1. The van der Waals surface area contributed by atoms with E-state index in [0.29, 0.717) is 18.5 Å². The predicted octanol–water partition coefficient (Wildman–Crippen LogP) is 4.17. The van der Waals surface area contributed by atoms with Crippen LogP contribution in [0.4, 0.5) is 10.1 Å². The Morgan fingerprint density at radius 3 is 2.65 bits per heavy atom. The quantitative estimate of drug-likeness (QED) is 0.560. The van der Waals surface area contributed by atoms with Gasteiger partial charge in [0.25, 0.3) is 6.47 Å². The molecule has 1 unspecified atom stereocenters. The second-order valence-corrected chi connectivity index (χ2v) is 9.06. The Morgan fingerprint density at radius 2 is 1.97 bits per heavy atom.